The smallest absolute Gasteiger partial charge is 0.306 e. The third kappa shape index (κ3) is 41.1. The Kier molecular flexibility index (Phi) is 35.6. The van der Waals surface area contributed by atoms with Gasteiger partial charge in [0.2, 0.25) is 0 Å². The second-order valence-electron chi connectivity index (χ2n) is 15.2. The fraction of sp³-hybridized carbons (Fsp3) is 0.652. The molecule has 1 N–H and O–H groups in total. The van der Waals surface area contributed by atoms with E-state index >= 15 is 0 Å². The van der Waals surface area contributed by atoms with E-state index in [0.29, 0.717) is 36.7 Å². The summed E-state index contributed by atoms with van der Waals surface area (Å²) in [7, 11) is 1.07. The summed E-state index contributed by atoms with van der Waals surface area (Å²) in [6.07, 6.45) is 44.0. The van der Waals surface area contributed by atoms with E-state index in [1.807, 2.05) is 33.3 Å². The first-order valence-electron chi connectivity index (χ1n) is 21.4. The number of phosphoric acid groups is 1. The first kappa shape index (κ1) is 54.2. The standard InChI is InChI=1S/C46H78NO9P/c1-6-8-9-10-11-12-13-14-15-18-22-25-28-31-34-38-46(50)56-44(42-55-57(51,52)54-40-39-47(3,4)5)41-53-45(49)37-33-30-27-24-21-19-16-17-20-23-26-29-32-36-43(48)35-7-2/h11-12,14-16,19-20,22-25,27,29,32,43-44,48H,6-10,13,17-18,21,26,28,30-31,33-42H2,1-5H3/b12-11-,15-14-,19-16-,23-20-,25-22-,27-24-,32-29-/t43?,44-/m1/s1. The molecule has 326 valence electrons. The van der Waals surface area contributed by atoms with Crippen molar-refractivity contribution in [1.82, 2.24) is 0 Å². The monoisotopic (exact) mass is 820 g/mol. The van der Waals surface area contributed by atoms with E-state index in [2.05, 4.69) is 86.8 Å². The van der Waals surface area contributed by atoms with Crippen LogP contribution in [0.3, 0.4) is 0 Å². The summed E-state index contributed by atoms with van der Waals surface area (Å²) in [5, 5.41) is 9.73. The zero-order valence-electron chi connectivity index (χ0n) is 36.1. The van der Waals surface area contributed by atoms with Crippen molar-refractivity contribution in [3.8, 4) is 0 Å². The number of carbonyl (C=O) groups is 2. The van der Waals surface area contributed by atoms with Crippen molar-refractivity contribution in [1.29, 1.82) is 0 Å². The number of quaternary nitrogens is 1. The van der Waals surface area contributed by atoms with Gasteiger partial charge in [-0.2, -0.15) is 0 Å². The van der Waals surface area contributed by atoms with Gasteiger partial charge in [0.15, 0.2) is 6.10 Å². The van der Waals surface area contributed by atoms with Crippen LogP contribution in [0.1, 0.15) is 136 Å². The van der Waals surface area contributed by atoms with Crippen molar-refractivity contribution in [2.75, 3.05) is 47.5 Å². The number of carbonyl (C=O) groups excluding carboxylic acids is 2. The number of unbranched alkanes of at least 4 members (excludes halogenated alkanes) is 6. The maximum absolute atomic E-state index is 12.6. The van der Waals surface area contributed by atoms with Gasteiger partial charge in [0.25, 0.3) is 7.82 Å². The number of aliphatic hydroxyl groups is 1. The molecular weight excluding hydrogens is 741 g/mol. The highest BCUT2D eigenvalue weighted by molar-refractivity contribution is 7.45. The highest BCUT2D eigenvalue weighted by Gasteiger charge is 2.21. The van der Waals surface area contributed by atoms with Gasteiger partial charge in [-0.25, -0.2) is 0 Å². The lowest BCUT2D eigenvalue weighted by Gasteiger charge is -2.28. The number of nitrogens with zero attached hydrogens (tertiary/aromatic N) is 1. The summed E-state index contributed by atoms with van der Waals surface area (Å²) in [6, 6.07) is 0. The van der Waals surface area contributed by atoms with Gasteiger partial charge < -0.3 is 33.0 Å². The molecule has 0 spiro atoms. The molecule has 10 nitrogen and oxygen atoms in total. The average molecular weight is 820 g/mol. The lowest BCUT2D eigenvalue weighted by atomic mass is 10.1. The number of hydrogen-bond acceptors (Lipinski definition) is 9. The van der Waals surface area contributed by atoms with Gasteiger partial charge in [0.05, 0.1) is 33.9 Å². The summed E-state index contributed by atoms with van der Waals surface area (Å²) in [5.41, 5.74) is 0. The largest absolute Gasteiger partial charge is 0.756 e. The fourth-order valence-corrected chi connectivity index (χ4v) is 5.81. The van der Waals surface area contributed by atoms with Crippen LogP contribution < -0.4 is 4.89 Å². The van der Waals surface area contributed by atoms with Crippen LogP contribution in [0.4, 0.5) is 0 Å². The molecule has 0 bridgehead atoms. The van der Waals surface area contributed by atoms with Crippen LogP contribution in [0.25, 0.3) is 0 Å². The van der Waals surface area contributed by atoms with Gasteiger partial charge in [-0.3, -0.25) is 14.2 Å². The molecule has 0 aromatic carbocycles. The second kappa shape index (κ2) is 37.4. The minimum Gasteiger partial charge on any atom is -0.756 e. The zero-order chi connectivity index (χ0) is 42.3. The number of allylic oxidation sites excluding steroid dienone is 13. The Hall–Kier alpha value is -2.85. The molecule has 0 radical (unpaired) electrons. The van der Waals surface area contributed by atoms with Crippen molar-refractivity contribution in [3.63, 3.8) is 0 Å². The summed E-state index contributed by atoms with van der Waals surface area (Å²) < 4.78 is 33.7. The topological polar surface area (TPSA) is 131 Å². The minimum atomic E-state index is -4.66. The molecule has 2 unspecified atom stereocenters. The third-order valence-corrected chi connectivity index (χ3v) is 9.41. The molecule has 0 saturated heterocycles. The molecule has 3 atom stereocenters. The molecule has 0 rings (SSSR count). The summed E-state index contributed by atoms with van der Waals surface area (Å²) in [6.45, 7) is 3.84. The molecule has 0 aliphatic rings. The summed E-state index contributed by atoms with van der Waals surface area (Å²) in [4.78, 5) is 37.5. The normalized spacial score (nSPS) is 15.0. The van der Waals surface area contributed by atoms with Crippen molar-refractivity contribution >= 4 is 19.8 Å². The molecule has 0 saturated carbocycles. The first-order chi connectivity index (χ1) is 27.4. The highest BCUT2D eigenvalue weighted by Crippen LogP contribution is 2.38. The molecule has 0 amide bonds. The van der Waals surface area contributed by atoms with E-state index in [0.717, 1.165) is 64.2 Å². The number of aliphatic hydroxyl groups excluding tert-OH is 1. The summed E-state index contributed by atoms with van der Waals surface area (Å²) in [5.74, 6) is -0.976. The predicted molar refractivity (Wildman–Crippen MR) is 232 cm³/mol. The Balaban J connectivity index is 4.58. The number of esters is 2. The number of phosphoric ester groups is 1. The van der Waals surface area contributed by atoms with Gasteiger partial charge in [0, 0.05) is 12.8 Å². The molecule has 0 aromatic rings. The van der Waals surface area contributed by atoms with Crippen molar-refractivity contribution in [2.24, 2.45) is 0 Å². The first-order valence-corrected chi connectivity index (χ1v) is 22.8. The molecular formula is C46H78NO9P. The van der Waals surface area contributed by atoms with Crippen molar-refractivity contribution in [3.05, 3.63) is 85.1 Å². The van der Waals surface area contributed by atoms with Crippen LogP contribution in [0.2, 0.25) is 0 Å². The Morgan fingerprint density at radius 1 is 0.632 bits per heavy atom. The lowest BCUT2D eigenvalue weighted by Crippen LogP contribution is -2.37. The van der Waals surface area contributed by atoms with Crippen LogP contribution >= 0.6 is 7.82 Å². The Labute approximate surface area is 346 Å². The van der Waals surface area contributed by atoms with Crippen LogP contribution in [-0.4, -0.2) is 81.2 Å². The lowest BCUT2D eigenvalue weighted by molar-refractivity contribution is -0.870. The SMILES string of the molecule is CCCCC/C=C\C/C=C\C/C=C\CCCCC(=O)O[C@H](COC(=O)CCC/C=C\C/C=C\C/C=C\C/C=C\CC(O)CCC)COP(=O)([O-])OCC[N+](C)(C)C. The van der Waals surface area contributed by atoms with Crippen LogP contribution in [0.15, 0.2) is 85.1 Å². The molecule has 0 aliphatic heterocycles. The van der Waals surface area contributed by atoms with Gasteiger partial charge in [-0.1, -0.05) is 118 Å². The predicted octanol–water partition coefficient (Wildman–Crippen LogP) is 10.4. The number of rotatable bonds is 37. The van der Waals surface area contributed by atoms with E-state index in [-0.39, 0.29) is 32.2 Å². The Bertz CT molecular complexity index is 1260. The molecule has 11 heteroatoms. The van der Waals surface area contributed by atoms with Crippen molar-refractivity contribution in [2.45, 2.75) is 148 Å². The fourth-order valence-electron chi connectivity index (χ4n) is 5.08. The average Bonchev–Trinajstić information content (AvgIpc) is 3.15. The van der Waals surface area contributed by atoms with Gasteiger partial charge in [0.1, 0.15) is 19.8 Å². The second-order valence-corrected chi connectivity index (χ2v) is 16.6. The minimum absolute atomic E-state index is 0.0576. The zero-order valence-corrected chi connectivity index (χ0v) is 37.0. The number of hydrogen-bond donors (Lipinski definition) is 1. The molecule has 57 heavy (non-hydrogen) atoms. The number of ether oxygens (including phenoxy) is 2. The van der Waals surface area contributed by atoms with Crippen molar-refractivity contribution < 1.29 is 47.2 Å². The van der Waals surface area contributed by atoms with Gasteiger partial charge >= 0.3 is 11.9 Å². The molecule has 0 fully saturated rings. The van der Waals surface area contributed by atoms with E-state index < -0.39 is 32.5 Å². The Morgan fingerprint density at radius 2 is 1.12 bits per heavy atom. The maximum atomic E-state index is 12.6. The third-order valence-electron chi connectivity index (χ3n) is 8.44. The van der Waals surface area contributed by atoms with Gasteiger partial charge in [-0.15, -0.1) is 0 Å². The quantitative estimate of drug-likeness (QED) is 0.0214. The maximum Gasteiger partial charge on any atom is 0.306 e. The van der Waals surface area contributed by atoms with Crippen LogP contribution in [-0.2, 0) is 32.7 Å². The van der Waals surface area contributed by atoms with Crippen LogP contribution in [0.5, 0.6) is 0 Å². The highest BCUT2D eigenvalue weighted by atomic mass is 31.2. The van der Waals surface area contributed by atoms with E-state index in [4.69, 9.17) is 18.5 Å². The molecule has 0 aromatic heterocycles. The Morgan fingerprint density at radius 3 is 1.65 bits per heavy atom. The van der Waals surface area contributed by atoms with Gasteiger partial charge in [-0.05, 0) is 89.9 Å². The summed E-state index contributed by atoms with van der Waals surface area (Å²) >= 11 is 0. The molecule has 0 heterocycles. The van der Waals surface area contributed by atoms with E-state index in [1.54, 1.807) is 0 Å². The number of likely N-dealkylation sites (N-methyl/N-ethyl adjacent to an activating group) is 1. The molecule has 0 aliphatic carbocycles. The van der Waals surface area contributed by atoms with Crippen LogP contribution in [0, 0.1) is 0 Å². The van der Waals surface area contributed by atoms with E-state index in [9.17, 15) is 24.2 Å². The van der Waals surface area contributed by atoms with E-state index in [1.165, 1.54) is 19.3 Å².